The highest BCUT2D eigenvalue weighted by Crippen LogP contribution is 2.23. The Morgan fingerprint density at radius 1 is 1.05 bits per heavy atom. The minimum Gasteiger partial charge on any atom is -0.491 e. The van der Waals surface area contributed by atoms with Crippen LogP contribution in [-0.4, -0.2) is 17.2 Å². The van der Waals surface area contributed by atoms with Crippen LogP contribution >= 0.6 is 0 Å². The molecule has 0 saturated heterocycles. The SMILES string of the molecule is CC(CCC(=O)O)Oc1ccc(-c2ccccc2)cc1. The van der Waals surface area contributed by atoms with E-state index in [-0.39, 0.29) is 12.5 Å². The van der Waals surface area contributed by atoms with Crippen LogP contribution in [0.15, 0.2) is 54.6 Å². The first-order valence-corrected chi connectivity index (χ1v) is 6.69. The van der Waals surface area contributed by atoms with Crippen LogP contribution in [0.5, 0.6) is 5.75 Å². The molecule has 0 aromatic heterocycles. The van der Waals surface area contributed by atoms with E-state index in [9.17, 15) is 4.79 Å². The molecule has 0 aliphatic heterocycles. The average molecular weight is 270 g/mol. The van der Waals surface area contributed by atoms with Crippen LogP contribution in [0.2, 0.25) is 0 Å². The Hall–Kier alpha value is -2.29. The van der Waals surface area contributed by atoms with Crippen LogP contribution in [-0.2, 0) is 4.79 Å². The van der Waals surface area contributed by atoms with Crippen molar-refractivity contribution in [2.45, 2.75) is 25.9 Å². The number of ether oxygens (including phenoxy) is 1. The van der Waals surface area contributed by atoms with Gasteiger partial charge in [-0.05, 0) is 36.6 Å². The summed E-state index contributed by atoms with van der Waals surface area (Å²) in [6.07, 6.45) is 0.535. The van der Waals surface area contributed by atoms with Gasteiger partial charge >= 0.3 is 5.97 Å². The topological polar surface area (TPSA) is 46.5 Å². The van der Waals surface area contributed by atoms with Crippen molar-refractivity contribution in [3.8, 4) is 16.9 Å². The summed E-state index contributed by atoms with van der Waals surface area (Å²) in [5.74, 6) is -0.0255. The van der Waals surface area contributed by atoms with Crippen molar-refractivity contribution < 1.29 is 14.6 Å². The molecular formula is C17H18O3. The second-order valence-corrected chi connectivity index (χ2v) is 4.75. The Morgan fingerprint density at radius 3 is 2.25 bits per heavy atom. The highest BCUT2D eigenvalue weighted by Gasteiger charge is 2.07. The molecule has 1 atom stereocenters. The second kappa shape index (κ2) is 6.75. The van der Waals surface area contributed by atoms with Crippen LogP contribution in [0, 0.1) is 0 Å². The fourth-order valence-corrected chi connectivity index (χ4v) is 1.97. The number of rotatable bonds is 6. The molecule has 1 unspecified atom stereocenters. The number of carbonyl (C=O) groups is 1. The van der Waals surface area contributed by atoms with Crippen LogP contribution < -0.4 is 4.74 Å². The zero-order chi connectivity index (χ0) is 14.4. The molecule has 0 fully saturated rings. The molecule has 1 N–H and O–H groups in total. The molecule has 0 aliphatic rings. The number of hydrogen-bond acceptors (Lipinski definition) is 2. The molecule has 2 aromatic rings. The number of carboxylic acid groups (broad SMARTS) is 1. The molecule has 20 heavy (non-hydrogen) atoms. The number of hydrogen-bond donors (Lipinski definition) is 1. The van der Waals surface area contributed by atoms with Crippen molar-refractivity contribution in [2.75, 3.05) is 0 Å². The van der Waals surface area contributed by atoms with E-state index in [1.54, 1.807) is 0 Å². The van der Waals surface area contributed by atoms with E-state index in [1.165, 1.54) is 0 Å². The van der Waals surface area contributed by atoms with Crippen LogP contribution in [0.1, 0.15) is 19.8 Å². The summed E-state index contributed by atoms with van der Waals surface area (Å²) in [6, 6.07) is 18.0. The predicted molar refractivity (Wildman–Crippen MR) is 78.8 cm³/mol. The fourth-order valence-electron chi connectivity index (χ4n) is 1.97. The molecule has 2 aromatic carbocycles. The lowest BCUT2D eigenvalue weighted by atomic mass is 10.1. The first kappa shape index (κ1) is 14.1. The van der Waals surface area contributed by atoms with Gasteiger partial charge in [-0.1, -0.05) is 42.5 Å². The van der Waals surface area contributed by atoms with E-state index in [0.717, 1.165) is 16.9 Å². The summed E-state index contributed by atoms with van der Waals surface area (Å²) >= 11 is 0. The van der Waals surface area contributed by atoms with Crippen molar-refractivity contribution in [3.63, 3.8) is 0 Å². The second-order valence-electron chi connectivity index (χ2n) is 4.75. The molecule has 0 spiro atoms. The Morgan fingerprint density at radius 2 is 1.65 bits per heavy atom. The van der Waals surface area contributed by atoms with Crippen LogP contribution in [0.3, 0.4) is 0 Å². The van der Waals surface area contributed by atoms with E-state index in [2.05, 4.69) is 12.1 Å². The van der Waals surface area contributed by atoms with Gasteiger partial charge in [0.15, 0.2) is 0 Å². The van der Waals surface area contributed by atoms with Crippen LogP contribution in [0.4, 0.5) is 0 Å². The monoisotopic (exact) mass is 270 g/mol. The molecule has 3 nitrogen and oxygen atoms in total. The van der Waals surface area contributed by atoms with Crippen molar-refractivity contribution >= 4 is 5.97 Å². The zero-order valence-electron chi connectivity index (χ0n) is 11.5. The minimum absolute atomic E-state index is 0.103. The minimum atomic E-state index is -0.792. The Labute approximate surface area is 118 Å². The quantitative estimate of drug-likeness (QED) is 0.863. The first-order valence-electron chi connectivity index (χ1n) is 6.69. The number of benzene rings is 2. The van der Waals surface area contributed by atoms with E-state index < -0.39 is 5.97 Å². The van der Waals surface area contributed by atoms with Gasteiger partial charge in [-0.25, -0.2) is 0 Å². The summed E-state index contributed by atoms with van der Waals surface area (Å²) in [5, 5.41) is 8.64. The molecule has 0 amide bonds. The third kappa shape index (κ3) is 4.12. The van der Waals surface area contributed by atoms with Gasteiger partial charge in [-0.3, -0.25) is 4.79 Å². The molecule has 0 radical (unpaired) electrons. The number of carboxylic acids is 1. The molecular weight excluding hydrogens is 252 g/mol. The smallest absolute Gasteiger partial charge is 0.303 e. The summed E-state index contributed by atoms with van der Waals surface area (Å²) in [6.45, 7) is 1.88. The highest BCUT2D eigenvalue weighted by atomic mass is 16.5. The third-order valence-electron chi connectivity index (χ3n) is 3.06. The summed E-state index contributed by atoms with van der Waals surface area (Å²) in [4.78, 5) is 10.5. The van der Waals surface area contributed by atoms with Gasteiger partial charge < -0.3 is 9.84 Å². The lowest BCUT2D eigenvalue weighted by molar-refractivity contribution is -0.137. The largest absolute Gasteiger partial charge is 0.491 e. The molecule has 0 aliphatic carbocycles. The van der Waals surface area contributed by atoms with Gasteiger partial charge in [0.05, 0.1) is 6.10 Å². The van der Waals surface area contributed by atoms with Gasteiger partial charge in [-0.2, -0.15) is 0 Å². The number of aliphatic carboxylic acids is 1. The Bertz CT molecular complexity index is 546. The Balaban J connectivity index is 1.96. The maximum absolute atomic E-state index is 10.5. The van der Waals surface area contributed by atoms with Gasteiger partial charge in [0, 0.05) is 6.42 Å². The first-order chi connectivity index (χ1) is 9.65. The van der Waals surface area contributed by atoms with Gasteiger partial charge in [0.2, 0.25) is 0 Å². The molecule has 2 rings (SSSR count). The van der Waals surface area contributed by atoms with Crippen molar-refractivity contribution in [3.05, 3.63) is 54.6 Å². The Kier molecular flexibility index (Phi) is 4.77. The maximum Gasteiger partial charge on any atom is 0.303 e. The van der Waals surface area contributed by atoms with Gasteiger partial charge in [0.1, 0.15) is 5.75 Å². The fraction of sp³-hybridized carbons (Fsp3) is 0.235. The molecule has 0 bridgehead atoms. The standard InChI is InChI=1S/C17H18O3/c1-13(7-12-17(18)19)20-16-10-8-15(9-11-16)14-5-3-2-4-6-14/h2-6,8-11,13H,7,12H2,1H3,(H,18,19). The predicted octanol–water partition coefficient (Wildman–Crippen LogP) is 3.99. The third-order valence-corrected chi connectivity index (χ3v) is 3.06. The van der Waals surface area contributed by atoms with Crippen LogP contribution in [0.25, 0.3) is 11.1 Å². The van der Waals surface area contributed by atoms with E-state index in [0.29, 0.717) is 6.42 Å². The van der Waals surface area contributed by atoms with Crippen molar-refractivity contribution in [1.29, 1.82) is 0 Å². The average Bonchev–Trinajstić information content (AvgIpc) is 2.47. The van der Waals surface area contributed by atoms with E-state index in [1.807, 2.05) is 49.4 Å². The summed E-state index contributed by atoms with van der Waals surface area (Å²) in [7, 11) is 0. The lowest BCUT2D eigenvalue weighted by Gasteiger charge is -2.14. The maximum atomic E-state index is 10.5. The molecule has 0 heterocycles. The lowest BCUT2D eigenvalue weighted by Crippen LogP contribution is -2.13. The summed E-state index contributed by atoms with van der Waals surface area (Å²) < 4.78 is 5.69. The normalized spacial score (nSPS) is 11.8. The highest BCUT2D eigenvalue weighted by molar-refractivity contribution is 5.66. The van der Waals surface area contributed by atoms with Gasteiger partial charge in [0.25, 0.3) is 0 Å². The molecule has 3 heteroatoms. The zero-order valence-corrected chi connectivity index (χ0v) is 11.5. The molecule has 0 saturated carbocycles. The van der Waals surface area contributed by atoms with E-state index >= 15 is 0 Å². The summed E-state index contributed by atoms with van der Waals surface area (Å²) in [5.41, 5.74) is 2.30. The van der Waals surface area contributed by atoms with Crippen molar-refractivity contribution in [1.82, 2.24) is 0 Å². The van der Waals surface area contributed by atoms with E-state index in [4.69, 9.17) is 9.84 Å². The molecule has 104 valence electrons. The van der Waals surface area contributed by atoms with Crippen molar-refractivity contribution in [2.24, 2.45) is 0 Å². The van der Waals surface area contributed by atoms with Gasteiger partial charge in [-0.15, -0.1) is 0 Å².